The SMILES string of the molecule is c1ccc(-c2ccc(N3c4ccc(-c5ccccc5)cc4B4c5ccc(N(c6ccccc6)c6ccccc6)cc5Oc5cc(N(c6ccccc6)c6cccc7ccccc67)cc3c54)cc2)cc1. The Hall–Kier alpha value is -9.06. The van der Waals surface area contributed by atoms with Crippen LogP contribution < -0.4 is 35.8 Å². The monoisotopic (exact) mass is 881 g/mol. The van der Waals surface area contributed by atoms with Crippen molar-refractivity contribution >= 4 is 85.1 Å². The van der Waals surface area contributed by atoms with Crippen molar-refractivity contribution in [3.8, 4) is 33.8 Å². The number of fused-ring (bicyclic) bond motifs is 5. The molecule has 0 aliphatic carbocycles. The summed E-state index contributed by atoms with van der Waals surface area (Å²) in [6.45, 7) is -0.134. The molecule has 0 bridgehead atoms. The molecule has 2 heterocycles. The van der Waals surface area contributed by atoms with Crippen LogP contribution in [0, 0.1) is 0 Å². The van der Waals surface area contributed by atoms with Crippen molar-refractivity contribution in [3.63, 3.8) is 0 Å². The number of hydrogen-bond donors (Lipinski definition) is 0. The quantitative estimate of drug-likeness (QED) is 0.134. The van der Waals surface area contributed by atoms with Crippen LogP contribution in [0.15, 0.2) is 267 Å². The molecule has 2 aliphatic heterocycles. The Balaban J connectivity index is 1.07. The van der Waals surface area contributed by atoms with Crippen molar-refractivity contribution in [2.75, 3.05) is 14.7 Å². The maximum atomic E-state index is 7.45. The summed E-state index contributed by atoms with van der Waals surface area (Å²) < 4.78 is 7.45. The van der Waals surface area contributed by atoms with Crippen molar-refractivity contribution in [1.29, 1.82) is 0 Å². The van der Waals surface area contributed by atoms with Crippen molar-refractivity contribution in [3.05, 3.63) is 267 Å². The fraction of sp³-hybridized carbons (Fsp3) is 0. The van der Waals surface area contributed by atoms with Crippen molar-refractivity contribution in [1.82, 2.24) is 0 Å². The molecule has 0 aromatic heterocycles. The number of benzene rings is 11. The molecule has 0 fully saturated rings. The van der Waals surface area contributed by atoms with Gasteiger partial charge < -0.3 is 19.4 Å². The summed E-state index contributed by atoms with van der Waals surface area (Å²) in [4.78, 5) is 7.15. The largest absolute Gasteiger partial charge is 0.458 e. The minimum atomic E-state index is -0.134. The highest BCUT2D eigenvalue weighted by atomic mass is 16.5. The van der Waals surface area contributed by atoms with E-state index in [-0.39, 0.29) is 6.71 Å². The van der Waals surface area contributed by atoms with Gasteiger partial charge in [-0.15, -0.1) is 0 Å². The molecule has 0 radical (unpaired) electrons. The van der Waals surface area contributed by atoms with Crippen LogP contribution in [-0.4, -0.2) is 6.71 Å². The number of nitrogens with zero attached hydrogens (tertiary/aromatic N) is 3. The zero-order chi connectivity index (χ0) is 45.7. The molecule has 0 atom stereocenters. The molecule has 0 spiro atoms. The standard InChI is InChI=1S/C64H44BN3O/c1-6-19-45(20-7-1)47-33-36-53(37-34-47)68-60-40-35-49(46-21-8-2-9-22-46)41-58(60)65-57-39-38-54(66(50-25-10-3-11-26-50)51-27-12-4-13-28-51)43-62(57)69-63-44-55(42-61(68)64(63)65)67(52-29-14-5-15-30-52)59-32-18-24-48-23-16-17-31-56(48)59/h1-44H. The maximum Gasteiger partial charge on any atom is 0.256 e. The van der Waals surface area contributed by atoms with Gasteiger partial charge in [0.15, 0.2) is 0 Å². The molecule has 0 N–H and O–H groups in total. The summed E-state index contributed by atoms with van der Waals surface area (Å²) in [6, 6.07) is 95.9. The van der Waals surface area contributed by atoms with Crippen LogP contribution in [0.4, 0.5) is 51.2 Å². The first kappa shape index (κ1) is 40.2. The summed E-state index contributed by atoms with van der Waals surface area (Å²) in [5.74, 6) is 1.66. The fourth-order valence-electron chi connectivity index (χ4n) is 10.5. The van der Waals surface area contributed by atoms with Crippen LogP contribution in [0.25, 0.3) is 33.0 Å². The summed E-state index contributed by atoms with van der Waals surface area (Å²) in [5, 5.41) is 2.34. The molecule has 2 aliphatic rings. The maximum absolute atomic E-state index is 7.45. The molecule has 4 nitrogen and oxygen atoms in total. The molecule has 0 saturated heterocycles. The predicted octanol–water partition coefficient (Wildman–Crippen LogP) is 15.5. The lowest BCUT2D eigenvalue weighted by Gasteiger charge is -2.41. The van der Waals surface area contributed by atoms with E-state index >= 15 is 0 Å². The Morgan fingerprint density at radius 1 is 0.333 bits per heavy atom. The van der Waals surface area contributed by atoms with E-state index < -0.39 is 0 Å². The van der Waals surface area contributed by atoms with E-state index in [0.717, 1.165) is 79.0 Å². The van der Waals surface area contributed by atoms with Crippen LogP contribution in [0.3, 0.4) is 0 Å². The Kier molecular flexibility index (Phi) is 9.91. The van der Waals surface area contributed by atoms with Gasteiger partial charge in [-0.1, -0.05) is 182 Å². The topological polar surface area (TPSA) is 19.0 Å². The highest BCUT2D eigenvalue weighted by Gasteiger charge is 2.43. The lowest BCUT2D eigenvalue weighted by atomic mass is 9.34. The third kappa shape index (κ3) is 7.11. The van der Waals surface area contributed by atoms with E-state index in [2.05, 4.69) is 282 Å². The first-order valence-electron chi connectivity index (χ1n) is 23.6. The average Bonchev–Trinajstić information content (AvgIpc) is 3.42. The summed E-state index contributed by atoms with van der Waals surface area (Å²) in [6.07, 6.45) is 0. The molecule has 324 valence electrons. The van der Waals surface area contributed by atoms with Gasteiger partial charge in [-0.2, -0.15) is 0 Å². The zero-order valence-corrected chi connectivity index (χ0v) is 37.7. The Morgan fingerprint density at radius 3 is 1.54 bits per heavy atom. The van der Waals surface area contributed by atoms with Crippen molar-refractivity contribution < 1.29 is 4.74 Å². The smallest absolute Gasteiger partial charge is 0.256 e. The number of hydrogen-bond acceptors (Lipinski definition) is 4. The molecule has 13 rings (SSSR count). The van der Waals surface area contributed by atoms with Gasteiger partial charge in [0.25, 0.3) is 6.71 Å². The van der Waals surface area contributed by atoms with Gasteiger partial charge in [-0.05, 0) is 117 Å². The van der Waals surface area contributed by atoms with Gasteiger partial charge in [-0.3, -0.25) is 0 Å². The average molecular weight is 882 g/mol. The molecular formula is C64H44BN3O. The minimum absolute atomic E-state index is 0.134. The second-order valence-corrected chi connectivity index (χ2v) is 17.7. The summed E-state index contributed by atoms with van der Waals surface area (Å²) in [7, 11) is 0. The van der Waals surface area contributed by atoms with Gasteiger partial charge in [0.1, 0.15) is 11.5 Å². The molecule has 5 heteroatoms. The first-order chi connectivity index (χ1) is 34.2. The molecule has 0 unspecified atom stereocenters. The van der Waals surface area contributed by atoms with Gasteiger partial charge in [0, 0.05) is 57.3 Å². The van der Waals surface area contributed by atoms with Crippen LogP contribution >= 0.6 is 0 Å². The van der Waals surface area contributed by atoms with E-state index in [1.165, 1.54) is 33.1 Å². The van der Waals surface area contributed by atoms with E-state index in [9.17, 15) is 0 Å². The molecule has 11 aromatic carbocycles. The second kappa shape index (κ2) is 17.0. The third-order valence-electron chi connectivity index (χ3n) is 13.6. The Bertz CT molecular complexity index is 3600. The van der Waals surface area contributed by atoms with Gasteiger partial charge in [0.05, 0.1) is 11.4 Å². The molecular weight excluding hydrogens is 838 g/mol. The van der Waals surface area contributed by atoms with E-state index in [1.54, 1.807) is 0 Å². The van der Waals surface area contributed by atoms with E-state index in [4.69, 9.17) is 4.74 Å². The van der Waals surface area contributed by atoms with Gasteiger partial charge in [0.2, 0.25) is 0 Å². The van der Waals surface area contributed by atoms with E-state index in [1.807, 2.05) is 0 Å². The number of ether oxygens (including phenoxy) is 1. The normalized spacial score (nSPS) is 12.1. The van der Waals surface area contributed by atoms with E-state index in [0.29, 0.717) is 0 Å². The third-order valence-corrected chi connectivity index (χ3v) is 13.6. The summed E-state index contributed by atoms with van der Waals surface area (Å²) >= 11 is 0. The first-order valence-corrected chi connectivity index (χ1v) is 23.6. The van der Waals surface area contributed by atoms with Gasteiger partial charge in [-0.25, -0.2) is 0 Å². The van der Waals surface area contributed by atoms with Gasteiger partial charge >= 0.3 is 0 Å². The van der Waals surface area contributed by atoms with Crippen molar-refractivity contribution in [2.45, 2.75) is 0 Å². The zero-order valence-electron chi connectivity index (χ0n) is 37.7. The fourth-order valence-corrected chi connectivity index (χ4v) is 10.5. The lowest BCUT2D eigenvalue weighted by Crippen LogP contribution is -2.59. The van der Waals surface area contributed by atoms with Crippen molar-refractivity contribution in [2.24, 2.45) is 0 Å². The minimum Gasteiger partial charge on any atom is -0.458 e. The Labute approximate surface area is 403 Å². The van der Waals surface area contributed by atoms with Crippen LogP contribution in [0.5, 0.6) is 11.5 Å². The molecule has 11 aromatic rings. The summed E-state index contributed by atoms with van der Waals surface area (Å²) in [5.41, 5.74) is 17.8. The van der Waals surface area contributed by atoms with Crippen LogP contribution in [0.2, 0.25) is 0 Å². The molecule has 69 heavy (non-hydrogen) atoms. The predicted molar refractivity (Wildman–Crippen MR) is 290 cm³/mol. The molecule has 0 amide bonds. The Morgan fingerprint density at radius 2 is 0.870 bits per heavy atom. The highest BCUT2D eigenvalue weighted by molar-refractivity contribution is 6.99. The van der Waals surface area contributed by atoms with Crippen LogP contribution in [-0.2, 0) is 0 Å². The number of rotatable bonds is 9. The number of anilines is 9. The second-order valence-electron chi connectivity index (χ2n) is 17.7. The van der Waals surface area contributed by atoms with Crippen LogP contribution in [0.1, 0.15) is 0 Å². The number of para-hydroxylation sites is 3. The lowest BCUT2D eigenvalue weighted by molar-refractivity contribution is 0.488. The molecule has 0 saturated carbocycles. The highest BCUT2D eigenvalue weighted by Crippen LogP contribution is 2.48.